The zero-order valence-corrected chi connectivity index (χ0v) is 18.7. The summed E-state index contributed by atoms with van der Waals surface area (Å²) in [5, 5.41) is 0.627. The number of benzene rings is 2. The van der Waals surface area contributed by atoms with E-state index in [1.807, 2.05) is 19.1 Å². The fourth-order valence-electron chi connectivity index (χ4n) is 3.50. The van der Waals surface area contributed by atoms with Gasteiger partial charge in [0.05, 0.1) is 36.5 Å². The molecule has 0 bridgehead atoms. The van der Waals surface area contributed by atoms with Gasteiger partial charge in [0, 0.05) is 12.4 Å². The Kier molecular flexibility index (Phi) is 5.86. The molecule has 0 spiro atoms. The molecule has 4 aromatic rings. The van der Waals surface area contributed by atoms with Gasteiger partial charge in [0.2, 0.25) is 0 Å². The van der Waals surface area contributed by atoms with E-state index < -0.39 is 0 Å². The van der Waals surface area contributed by atoms with Crippen molar-refractivity contribution in [2.75, 3.05) is 19.1 Å². The second-order valence-electron chi connectivity index (χ2n) is 7.24. The number of amides is 1. The van der Waals surface area contributed by atoms with Gasteiger partial charge in [-0.1, -0.05) is 23.5 Å². The van der Waals surface area contributed by atoms with E-state index in [0.29, 0.717) is 28.7 Å². The molecule has 158 valence electrons. The number of hydrogen-bond donors (Lipinski definition) is 0. The summed E-state index contributed by atoms with van der Waals surface area (Å²) >= 11 is 1.50. The maximum absolute atomic E-state index is 13.8. The summed E-state index contributed by atoms with van der Waals surface area (Å²) in [6.45, 7) is 4.44. The summed E-state index contributed by atoms with van der Waals surface area (Å²) in [6, 6.07) is 13.2. The van der Waals surface area contributed by atoms with Crippen molar-refractivity contribution in [1.82, 2.24) is 9.97 Å². The zero-order chi connectivity index (χ0) is 22.0. The minimum absolute atomic E-state index is 0.215. The molecule has 1 amide bonds. The third kappa shape index (κ3) is 4.22. The van der Waals surface area contributed by atoms with Crippen molar-refractivity contribution in [2.45, 2.75) is 20.4 Å². The highest BCUT2D eigenvalue weighted by Crippen LogP contribution is 2.34. The fraction of sp³-hybridized carbons (Fsp3) is 0.208. The van der Waals surface area contributed by atoms with Gasteiger partial charge in [0.15, 0.2) is 5.13 Å². The van der Waals surface area contributed by atoms with Gasteiger partial charge in [-0.15, -0.1) is 0 Å². The van der Waals surface area contributed by atoms with Crippen LogP contribution in [0.4, 0.5) is 5.13 Å². The van der Waals surface area contributed by atoms with Gasteiger partial charge in [-0.2, -0.15) is 0 Å². The SMILES string of the molecule is COc1ccc(OC)c(C(=O)N(Cc2cccnc2)c2nc3c(C)cc(C)cc3s2)c1. The second-order valence-corrected chi connectivity index (χ2v) is 8.25. The van der Waals surface area contributed by atoms with Gasteiger partial charge in [-0.3, -0.25) is 14.7 Å². The lowest BCUT2D eigenvalue weighted by molar-refractivity contribution is 0.0982. The summed E-state index contributed by atoms with van der Waals surface area (Å²) in [6.07, 6.45) is 3.47. The van der Waals surface area contributed by atoms with Gasteiger partial charge in [-0.25, -0.2) is 4.98 Å². The van der Waals surface area contributed by atoms with E-state index in [9.17, 15) is 4.79 Å². The molecule has 6 nitrogen and oxygen atoms in total. The van der Waals surface area contributed by atoms with E-state index in [2.05, 4.69) is 24.0 Å². The number of aromatic nitrogens is 2. The molecule has 2 aromatic carbocycles. The Morgan fingerprint density at radius 3 is 2.65 bits per heavy atom. The Bertz CT molecular complexity index is 1240. The van der Waals surface area contributed by atoms with E-state index in [4.69, 9.17) is 14.5 Å². The molecule has 31 heavy (non-hydrogen) atoms. The molecule has 0 unspecified atom stereocenters. The van der Waals surface area contributed by atoms with Crippen molar-refractivity contribution >= 4 is 32.6 Å². The number of fused-ring (bicyclic) bond motifs is 1. The predicted octanol–water partition coefficient (Wildman–Crippen LogP) is 5.17. The summed E-state index contributed by atoms with van der Waals surface area (Å²) in [5.74, 6) is 0.851. The maximum Gasteiger partial charge on any atom is 0.264 e. The van der Waals surface area contributed by atoms with E-state index in [-0.39, 0.29) is 5.91 Å². The van der Waals surface area contributed by atoms with Gasteiger partial charge in [-0.05, 0) is 60.9 Å². The number of carbonyl (C=O) groups is 1. The fourth-order valence-corrected chi connectivity index (χ4v) is 4.64. The number of aryl methyl sites for hydroxylation is 2. The first kappa shape index (κ1) is 20.8. The van der Waals surface area contributed by atoms with E-state index in [0.717, 1.165) is 21.3 Å². The summed E-state index contributed by atoms with van der Waals surface area (Å²) in [4.78, 5) is 24.5. The first-order valence-electron chi connectivity index (χ1n) is 9.80. The van der Waals surface area contributed by atoms with Crippen LogP contribution in [0.25, 0.3) is 10.2 Å². The van der Waals surface area contributed by atoms with Gasteiger partial charge >= 0.3 is 0 Å². The molecular weight excluding hydrogens is 410 g/mol. The van der Waals surface area contributed by atoms with Crippen molar-refractivity contribution < 1.29 is 14.3 Å². The largest absolute Gasteiger partial charge is 0.497 e. The molecule has 2 aromatic heterocycles. The molecule has 0 aliphatic rings. The van der Waals surface area contributed by atoms with E-state index in [1.165, 1.54) is 16.9 Å². The molecule has 7 heteroatoms. The first-order valence-corrected chi connectivity index (χ1v) is 10.6. The van der Waals surface area contributed by atoms with Crippen LogP contribution in [0.2, 0.25) is 0 Å². The number of rotatable bonds is 6. The quantitative estimate of drug-likeness (QED) is 0.420. The maximum atomic E-state index is 13.8. The lowest BCUT2D eigenvalue weighted by Gasteiger charge is -2.21. The van der Waals surface area contributed by atoms with Crippen LogP contribution in [-0.2, 0) is 6.54 Å². The minimum atomic E-state index is -0.215. The standard InChI is InChI=1S/C24H23N3O3S/c1-15-10-16(2)22-21(11-15)31-24(26-22)27(14-17-6-5-9-25-13-17)23(28)19-12-18(29-3)7-8-20(19)30-4/h5-13H,14H2,1-4H3. The summed E-state index contributed by atoms with van der Waals surface area (Å²) in [5.41, 5.74) is 4.49. The predicted molar refractivity (Wildman–Crippen MR) is 123 cm³/mol. The Labute approximate surface area is 185 Å². The molecule has 0 aliphatic carbocycles. The van der Waals surface area contributed by atoms with Crippen molar-refractivity contribution in [1.29, 1.82) is 0 Å². The highest BCUT2D eigenvalue weighted by atomic mass is 32.1. The van der Waals surface area contributed by atoms with Crippen molar-refractivity contribution in [3.63, 3.8) is 0 Å². The molecular formula is C24H23N3O3S. The van der Waals surface area contributed by atoms with Gasteiger partial charge < -0.3 is 9.47 Å². The number of nitrogens with zero attached hydrogens (tertiary/aromatic N) is 3. The molecule has 0 N–H and O–H groups in total. The number of thiazole rings is 1. The van der Waals surface area contributed by atoms with Crippen LogP contribution in [0.5, 0.6) is 11.5 Å². The van der Waals surface area contributed by atoms with Gasteiger partial charge in [0.1, 0.15) is 11.5 Å². The second kappa shape index (κ2) is 8.73. The molecule has 0 saturated heterocycles. The lowest BCUT2D eigenvalue weighted by atomic mass is 10.1. The number of hydrogen-bond acceptors (Lipinski definition) is 6. The lowest BCUT2D eigenvalue weighted by Crippen LogP contribution is -2.30. The van der Waals surface area contributed by atoms with Crippen LogP contribution in [-0.4, -0.2) is 30.1 Å². The molecule has 0 saturated carbocycles. The smallest absolute Gasteiger partial charge is 0.264 e. The average Bonchev–Trinajstić information content (AvgIpc) is 3.21. The minimum Gasteiger partial charge on any atom is -0.497 e. The van der Waals surface area contributed by atoms with Crippen LogP contribution < -0.4 is 14.4 Å². The van der Waals surface area contributed by atoms with Crippen LogP contribution in [0.15, 0.2) is 54.9 Å². The Morgan fingerprint density at radius 2 is 1.94 bits per heavy atom. The molecule has 0 fully saturated rings. The van der Waals surface area contributed by atoms with E-state index >= 15 is 0 Å². The Morgan fingerprint density at radius 1 is 1.10 bits per heavy atom. The van der Waals surface area contributed by atoms with Crippen molar-refractivity contribution in [3.8, 4) is 11.5 Å². The number of methoxy groups -OCH3 is 2. The topological polar surface area (TPSA) is 64.6 Å². The number of ether oxygens (including phenoxy) is 2. The number of carbonyl (C=O) groups excluding carboxylic acids is 1. The average molecular weight is 434 g/mol. The highest BCUT2D eigenvalue weighted by Gasteiger charge is 2.25. The normalized spacial score (nSPS) is 10.8. The van der Waals surface area contributed by atoms with Crippen LogP contribution in [0.3, 0.4) is 0 Å². The summed E-state index contributed by atoms with van der Waals surface area (Å²) in [7, 11) is 3.12. The molecule has 0 aliphatic heterocycles. The van der Waals surface area contributed by atoms with Crippen molar-refractivity contribution in [3.05, 3.63) is 77.1 Å². The molecule has 0 radical (unpaired) electrons. The summed E-state index contributed by atoms with van der Waals surface area (Å²) < 4.78 is 11.8. The number of pyridine rings is 1. The van der Waals surface area contributed by atoms with Gasteiger partial charge in [0.25, 0.3) is 5.91 Å². The zero-order valence-electron chi connectivity index (χ0n) is 17.9. The van der Waals surface area contributed by atoms with Crippen LogP contribution >= 0.6 is 11.3 Å². The Hall–Kier alpha value is -3.45. The van der Waals surface area contributed by atoms with Crippen LogP contribution in [0.1, 0.15) is 27.0 Å². The van der Waals surface area contributed by atoms with E-state index in [1.54, 1.807) is 49.7 Å². The van der Waals surface area contributed by atoms with Crippen LogP contribution in [0, 0.1) is 13.8 Å². The third-order valence-electron chi connectivity index (χ3n) is 5.00. The molecule has 4 rings (SSSR count). The van der Waals surface area contributed by atoms with Crippen molar-refractivity contribution in [2.24, 2.45) is 0 Å². The Balaban J connectivity index is 1.84. The third-order valence-corrected chi connectivity index (χ3v) is 6.02. The highest BCUT2D eigenvalue weighted by molar-refractivity contribution is 7.22. The molecule has 0 atom stereocenters. The number of anilines is 1. The monoisotopic (exact) mass is 433 g/mol. The molecule has 2 heterocycles. The first-order chi connectivity index (χ1) is 15.0.